The first kappa shape index (κ1) is 16.1. The van der Waals surface area contributed by atoms with Gasteiger partial charge in [-0.2, -0.15) is 13.2 Å². The zero-order chi connectivity index (χ0) is 16.9. The van der Waals surface area contributed by atoms with E-state index in [2.05, 4.69) is 4.98 Å². The Kier molecular flexibility index (Phi) is 3.81. The predicted octanol–water partition coefficient (Wildman–Crippen LogP) is 5.97. The second kappa shape index (κ2) is 5.42. The lowest BCUT2D eigenvalue weighted by molar-refractivity contribution is -0.145. The van der Waals surface area contributed by atoms with Crippen LogP contribution in [-0.4, -0.2) is 9.55 Å². The van der Waals surface area contributed by atoms with E-state index in [-0.39, 0.29) is 21.1 Å². The smallest absolute Gasteiger partial charge is 0.288 e. The second-order valence-corrected chi connectivity index (χ2v) is 6.11. The first-order chi connectivity index (χ1) is 10.7. The molecule has 0 N–H and O–H groups in total. The third kappa shape index (κ3) is 2.68. The lowest BCUT2D eigenvalue weighted by Crippen LogP contribution is -2.15. The average Bonchev–Trinajstić information content (AvgIpc) is 2.78. The molecule has 0 saturated heterocycles. The lowest BCUT2D eigenvalue weighted by atomic mass is 10.1. The summed E-state index contributed by atoms with van der Waals surface area (Å²) in [5.74, 6) is -1.02. The van der Waals surface area contributed by atoms with Gasteiger partial charge >= 0.3 is 6.18 Å². The van der Waals surface area contributed by atoms with E-state index in [1.165, 1.54) is 12.1 Å². The average molecular weight is 359 g/mol. The van der Waals surface area contributed by atoms with Crippen LogP contribution in [0.2, 0.25) is 10.0 Å². The molecular formula is C16H11Cl2F3N2. The molecule has 23 heavy (non-hydrogen) atoms. The number of rotatable bonds is 1. The summed E-state index contributed by atoms with van der Waals surface area (Å²) in [6.07, 6.45) is -4.62. The molecule has 120 valence electrons. The maximum Gasteiger partial charge on any atom is 0.450 e. The molecule has 0 amide bonds. The predicted molar refractivity (Wildman–Crippen MR) is 85.6 cm³/mol. The molecule has 2 aromatic carbocycles. The van der Waals surface area contributed by atoms with Gasteiger partial charge in [0.1, 0.15) is 5.52 Å². The van der Waals surface area contributed by atoms with Crippen molar-refractivity contribution in [1.82, 2.24) is 9.55 Å². The van der Waals surface area contributed by atoms with Crippen molar-refractivity contribution in [3.05, 3.63) is 57.3 Å². The van der Waals surface area contributed by atoms with Gasteiger partial charge in [-0.05, 0) is 37.1 Å². The monoisotopic (exact) mass is 358 g/mol. The zero-order valence-corrected chi connectivity index (χ0v) is 13.7. The minimum absolute atomic E-state index is 0.0750. The summed E-state index contributed by atoms with van der Waals surface area (Å²) in [4.78, 5) is 3.73. The molecule has 0 fully saturated rings. The van der Waals surface area contributed by atoms with Crippen LogP contribution in [-0.2, 0) is 6.18 Å². The number of halogens is 5. The number of aryl methyl sites for hydroxylation is 2. The van der Waals surface area contributed by atoms with Crippen LogP contribution >= 0.6 is 23.2 Å². The molecule has 0 unspecified atom stereocenters. The first-order valence-electron chi connectivity index (χ1n) is 6.71. The van der Waals surface area contributed by atoms with E-state index in [0.717, 1.165) is 4.57 Å². The Morgan fingerprint density at radius 3 is 2.22 bits per heavy atom. The Morgan fingerprint density at radius 1 is 1.04 bits per heavy atom. The van der Waals surface area contributed by atoms with E-state index in [1.807, 2.05) is 0 Å². The molecule has 0 spiro atoms. The van der Waals surface area contributed by atoms with Gasteiger partial charge in [-0.3, -0.25) is 4.57 Å². The van der Waals surface area contributed by atoms with E-state index in [0.29, 0.717) is 16.8 Å². The fraction of sp³-hybridized carbons (Fsp3) is 0.188. The quantitative estimate of drug-likeness (QED) is 0.524. The number of para-hydroxylation sites is 1. The Labute approximate surface area is 140 Å². The zero-order valence-electron chi connectivity index (χ0n) is 12.2. The molecule has 3 rings (SSSR count). The van der Waals surface area contributed by atoms with Crippen LogP contribution in [0, 0.1) is 13.8 Å². The minimum Gasteiger partial charge on any atom is -0.288 e. The van der Waals surface area contributed by atoms with E-state index in [9.17, 15) is 13.2 Å². The fourth-order valence-corrected chi connectivity index (χ4v) is 3.20. The van der Waals surface area contributed by atoms with Gasteiger partial charge < -0.3 is 0 Å². The maximum absolute atomic E-state index is 13.5. The number of benzene rings is 2. The SMILES string of the molecule is Cc1cccc(C)c1-n1c(C(F)(F)F)nc2c(Cl)cc(Cl)cc21. The van der Waals surface area contributed by atoms with Gasteiger partial charge in [0, 0.05) is 5.02 Å². The van der Waals surface area contributed by atoms with Crippen LogP contribution < -0.4 is 0 Å². The van der Waals surface area contributed by atoms with Crippen molar-refractivity contribution in [2.75, 3.05) is 0 Å². The van der Waals surface area contributed by atoms with Crippen molar-refractivity contribution < 1.29 is 13.2 Å². The summed E-state index contributed by atoms with van der Waals surface area (Å²) in [5.41, 5.74) is 2.13. The van der Waals surface area contributed by atoms with Crippen LogP contribution in [0.3, 0.4) is 0 Å². The van der Waals surface area contributed by atoms with Crippen molar-refractivity contribution >= 4 is 34.2 Å². The largest absolute Gasteiger partial charge is 0.450 e. The van der Waals surface area contributed by atoms with Crippen molar-refractivity contribution in [2.45, 2.75) is 20.0 Å². The topological polar surface area (TPSA) is 17.8 Å². The summed E-state index contributed by atoms with van der Waals surface area (Å²) in [7, 11) is 0. The molecule has 0 aliphatic rings. The molecule has 0 atom stereocenters. The number of imidazole rings is 1. The number of aromatic nitrogens is 2. The van der Waals surface area contributed by atoms with Crippen LogP contribution in [0.1, 0.15) is 17.0 Å². The van der Waals surface area contributed by atoms with Crippen LogP contribution in [0.5, 0.6) is 0 Å². The minimum atomic E-state index is -4.62. The van der Waals surface area contributed by atoms with E-state index < -0.39 is 12.0 Å². The molecule has 0 bridgehead atoms. The fourth-order valence-electron chi connectivity index (χ4n) is 2.68. The van der Waals surface area contributed by atoms with Crippen LogP contribution in [0.15, 0.2) is 30.3 Å². The van der Waals surface area contributed by atoms with Crippen molar-refractivity contribution in [3.8, 4) is 5.69 Å². The molecule has 0 saturated carbocycles. The first-order valence-corrected chi connectivity index (χ1v) is 7.47. The van der Waals surface area contributed by atoms with E-state index in [1.54, 1.807) is 32.0 Å². The van der Waals surface area contributed by atoms with Crippen molar-refractivity contribution in [2.24, 2.45) is 0 Å². The van der Waals surface area contributed by atoms with Crippen LogP contribution in [0.4, 0.5) is 13.2 Å². The molecule has 0 aliphatic heterocycles. The second-order valence-electron chi connectivity index (χ2n) is 5.26. The third-order valence-corrected chi connectivity index (χ3v) is 4.10. The summed E-state index contributed by atoms with van der Waals surface area (Å²) in [6.45, 7) is 3.50. The van der Waals surface area contributed by atoms with Gasteiger partial charge in [0.15, 0.2) is 0 Å². The molecule has 2 nitrogen and oxygen atoms in total. The Balaban J connectivity index is 2.52. The molecule has 7 heteroatoms. The molecular weight excluding hydrogens is 348 g/mol. The van der Waals surface area contributed by atoms with Crippen LogP contribution in [0.25, 0.3) is 16.7 Å². The summed E-state index contributed by atoms with van der Waals surface area (Å²) in [6, 6.07) is 8.12. The number of hydrogen-bond acceptors (Lipinski definition) is 1. The highest BCUT2D eigenvalue weighted by Gasteiger charge is 2.39. The standard InChI is InChI=1S/C16H11Cl2F3N2/c1-8-4-3-5-9(2)14(8)23-12-7-10(17)6-11(18)13(12)22-15(23)16(19,20)21/h3-7H,1-2H3. The summed E-state index contributed by atoms with van der Waals surface area (Å²) >= 11 is 12.0. The Bertz CT molecular complexity index is 894. The normalized spacial score (nSPS) is 12.1. The number of nitrogens with zero attached hydrogens (tertiary/aromatic N) is 2. The summed E-state index contributed by atoms with van der Waals surface area (Å²) < 4.78 is 41.6. The highest BCUT2D eigenvalue weighted by atomic mass is 35.5. The van der Waals surface area contributed by atoms with Gasteiger partial charge in [0.25, 0.3) is 0 Å². The van der Waals surface area contributed by atoms with Gasteiger partial charge in [-0.25, -0.2) is 4.98 Å². The highest BCUT2D eigenvalue weighted by Crippen LogP contribution is 2.38. The molecule has 0 aliphatic carbocycles. The molecule has 3 aromatic rings. The molecule has 1 aromatic heterocycles. The van der Waals surface area contributed by atoms with Crippen molar-refractivity contribution in [1.29, 1.82) is 0 Å². The highest BCUT2D eigenvalue weighted by molar-refractivity contribution is 6.38. The number of fused-ring (bicyclic) bond motifs is 1. The lowest BCUT2D eigenvalue weighted by Gasteiger charge is -2.16. The Hall–Kier alpha value is -1.72. The van der Waals surface area contributed by atoms with Crippen molar-refractivity contribution in [3.63, 3.8) is 0 Å². The van der Waals surface area contributed by atoms with Gasteiger partial charge in [-0.1, -0.05) is 41.4 Å². The van der Waals surface area contributed by atoms with Gasteiger partial charge in [-0.15, -0.1) is 0 Å². The van der Waals surface area contributed by atoms with E-state index >= 15 is 0 Å². The third-order valence-electron chi connectivity index (χ3n) is 3.60. The number of hydrogen-bond donors (Lipinski definition) is 0. The maximum atomic E-state index is 13.5. The Morgan fingerprint density at radius 2 is 1.65 bits per heavy atom. The summed E-state index contributed by atoms with van der Waals surface area (Å²) in [5, 5.41) is 0.339. The molecule has 1 heterocycles. The molecule has 0 radical (unpaired) electrons. The number of alkyl halides is 3. The van der Waals surface area contributed by atoms with Gasteiger partial charge in [0.2, 0.25) is 5.82 Å². The van der Waals surface area contributed by atoms with Gasteiger partial charge in [0.05, 0.1) is 16.2 Å². The van der Waals surface area contributed by atoms with E-state index in [4.69, 9.17) is 23.2 Å².